The molecular formula is C35H40N6O4. The van der Waals surface area contributed by atoms with Crippen LogP contribution in [-0.4, -0.2) is 65.7 Å². The Kier molecular flexibility index (Phi) is 6.79. The van der Waals surface area contributed by atoms with Crippen molar-refractivity contribution in [1.29, 1.82) is 0 Å². The molecule has 10 heteroatoms. The Morgan fingerprint density at radius 1 is 0.844 bits per heavy atom. The number of carbonyl (C=O) groups excluding carboxylic acids is 1. The first kappa shape index (κ1) is 29.1. The van der Waals surface area contributed by atoms with Crippen LogP contribution in [0.3, 0.4) is 0 Å². The maximum Gasteiger partial charge on any atom is 0.410 e. The number of hydrogen-bond acceptors (Lipinski definition) is 5. The summed E-state index contributed by atoms with van der Waals surface area (Å²) in [5, 5.41) is 9.59. The predicted molar refractivity (Wildman–Crippen MR) is 171 cm³/mol. The summed E-state index contributed by atoms with van der Waals surface area (Å²) in [6.45, 7) is 11.4. The van der Waals surface area contributed by atoms with Gasteiger partial charge in [-0.05, 0) is 92.0 Å². The van der Waals surface area contributed by atoms with Gasteiger partial charge in [0.2, 0.25) is 0 Å². The lowest BCUT2D eigenvalue weighted by Gasteiger charge is -2.27. The molecule has 2 unspecified atom stereocenters. The lowest BCUT2D eigenvalue weighted by Crippen LogP contribution is -2.36. The molecule has 0 bridgehead atoms. The van der Waals surface area contributed by atoms with Crippen LogP contribution in [0.2, 0.25) is 0 Å². The number of hydrogen-bond donors (Lipinski definition) is 3. The van der Waals surface area contributed by atoms with Crippen molar-refractivity contribution < 1.29 is 19.4 Å². The molecule has 2 aromatic carbocycles. The molecule has 1 aliphatic carbocycles. The van der Waals surface area contributed by atoms with Gasteiger partial charge < -0.3 is 19.8 Å². The summed E-state index contributed by atoms with van der Waals surface area (Å²) in [5.41, 5.74) is 7.99. The topological polar surface area (TPSA) is 127 Å². The molecule has 45 heavy (non-hydrogen) atoms. The monoisotopic (exact) mass is 608 g/mol. The number of amides is 2. The van der Waals surface area contributed by atoms with E-state index >= 15 is 0 Å². The summed E-state index contributed by atoms with van der Waals surface area (Å²) in [6, 6.07) is 12.7. The fourth-order valence-electron chi connectivity index (χ4n) is 7.25. The molecule has 0 radical (unpaired) electrons. The second-order valence-corrected chi connectivity index (χ2v) is 14.0. The molecule has 3 aliphatic rings. The van der Waals surface area contributed by atoms with Crippen molar-refractivity contribution >= 4 is 12.2 Å². The average molecular weight is 609 g/mol. The number of ether oxygens (including phenoxy) is 1. The van der Waals surface area contributed by atoms with E-state index in [0.717, 1.165) is 54.0 Å². The first-order chi connectivity index (χ1) is 21.4. The van der Waals surface area contributed by atoms with Crippen molar-refractivity contribution in [1.82, 2.24) is 29.7 Å². The highest BCUT2D eigenvalue weighted by Crippen LogP contribution is 2.50. The maximum atomic E-state index is 12.9. The molecule has 7 rings (SSSR count). The number of benzene rings is 2. The number of aromatic nitrogens is 4. The first-order valence-electron chi connectivity index (χ1n) is 15.8. The summed E-state index contributed by atoms with van der Waals surface area (Å²) in [4.78, 5) is 44.0. The number of H-pyrrole nitrogens is 2. The van der Waals surface area contributed by atoms with Gasteiger partial charge in [-0.3, -0.25) is 9.80 Å². The second-order valence-electron chi connectivity index (χ2n) is 14.0. The average Bonchev–Trinajstić information content (AvgIpc) is 3.82. The standard InChI is InChI=1S/C35H40N6O4/c1-34(2,3)45-33(44)41-15-7-9-29(41)31-37-19-27(39-31)21-11-13-23-22-12-10-20(16-24(22)35(4,5)25(23)17-21)26-18-36-30(38-26)28-8-6-14-40(28)32(42)43/h10-13,16-19,28-29H,6-9,14-15H2,1-5H3,(H,36,38)(H,37,39)(H,42,43). The molecule has 2 atom stereocenters. The number of likely N-dealkylation sites (tertiary alicyclic amines) is 2. The summed E-state index contributed by atoms with van der Waals surface area (Å²) in [5.74, 6) is 1.48. The number of nitrogens with one attached hydrogen (secondary N) is 2. The number of imidazole rings is 2. The second kappa shape index (κ2) is 10.5. The van der Waals surface area contributed by atoms with E-state index in [0.29, 0.717) is 18.9 Å². The van der Waals surface area contributed by atoms with E-state index < -0.39 is 11.7 Å². The third-order valence-corrected chi connectivity index (χ3v) is 9.50. The summed E-state index contributed by atoms with van der Waals surface area (Å²) in [6.07, 6.45) is 5.84. The summed E-state index contributed by atoms with van der Waals surface area (Å²) < 4.78 is 5.66. The van der Waals surface area contributed by atoms with E-state index in [-0.39, 0.29) is 23.6 Å². The Labute approximate surface area is 262 Å². The zero-order valence-electron chi connectivity index (χ0n) is 26.5. The van der Waals surface area contributed by atoms with Crippen LogP contribution in [0.15, 0.2) is 48.8 Å². The maximum absolute atomic E-state index is 12.9. The van der Waals surface area contributed by atoms with Crippen molar-refractivity contribution in [2.75, 3.05) is 13.1 Å². The summed E-state index contributed by atoms with van der Waals surface area (Å²) >= 11 is 0. The Bertz CT molecular complexity index is 1800. The first-order valence-corrected chi connectivity index (χ1v) is 15.8. The number of rotatable bonds is 4. The van der Waals surface area contributed by atoms with Gasteiger partial charge in [-0.25, -0.2) is 19.6 Å². The van der Waals surface area contributed by atoms with Gasteiger partial charge in [0, 0.05) is 18.5 Å². The zero-order valence-corrected chi connectivity index (χ0v) is 26.5. The van der Waals surface area contributed by atoms with Crippen molar-refractivity contribution in [3.05, 3.63) is 71.6 Å². The van der Waals surface area contributed by atoms with E-state index in [4.69, 9.17) is 9.72 Å². The predicted octanol–water partition coefficient (Wildman–Crippen LogP) is 7.66. The third-order valence-electron chi connectivity index (χ3n) is 9.50. The van der Waals surface area contributed by atoms with E-state index in [1.54, 1.807) is 4.90 Å². The minimum atomic E-state index is -0.903. The lowest BCUT2D eigenvalue weighted by molar-refractivity contribution is 0.0218. The van der Waals surface area contributed by atoms with Crippen LogP contribution in [0.25, 0.3) is 33.6 Å². The van der Waals surface area contributed by atoms with Gasteiger partial charge in [-0.2, -0.15) is 0 Å². The number of aromatic amines is 2. The van der Waals surface area contributed by atoms with Crippen molar-refractivity contribution in [2.45, 2.75) is 83.4 Å². The molecule has 3 N–H and O–H groups in total. The highest BCUT2D eigenvalue weighted by atomic mass is 16.6. The number of fused-ring (bicyclic) bond motifs is 3. The van der Waals surface area contributed by atoms with Gasteiger partial charge in [0.25, 0.3) is 0 Å². The van der Waals surface area contributed by atoms with Crippen molar-refractivity contribution in [2.24, 2.45) is 0 Å². The summed E-state index contributed by atoms with van der Waals surface area (Å²) in [7, 11) is 0. The Morgan fingerprint density at radius 2 is 1.33 bits per heavy atom. The van der Waals surface area contributed by atoms with E-state index in [1.807, 2.05) is 33.2 Å². The molecular weight excluding hydrogens is 568 g/mol. The van der Waals surface area contributed by atoms with Crippen LogP contribution < -0.4 is 0 Å². The van der Waals surface area contributed by atoms with E-state index in [2.05, 4.69) is 65.2 Å². The minimum Gasteiger partial charge on any atom is -0.465 e. The molecule has 2 fully saturated rings. The molecule has 0 spiro atoms. The zero-order chi connectivity index (χ0) is 31.7. The minimum absolute atomic E-state index is 0.133. The molecule has 2 aromatic heterocycles. The van der Waals surface area contributed by atoms with Gasteiger partial charge in [0.05, 0.1) is 35.9 Å². The molecule has 234 valence electrons. The van der Waals surface area contributed by atoms with Crippen molar-refractivity contribution in [3.8, 4) is 33.6 Å². The molecule has 4 aromatic rings. The van der Waals surface area contributed by atoms with E-state index in [9.17, 15) is 14.7 Å². The van der Waals surface area contributed by atoms with Gasteiger partial charge in [-0.1, -0.05) is 38.1 Å². The van der Waals surface area contributed by atoms with Gasteiger partial charge in [0.15, 0.2) is 0 Å². The molecule has 10 nitrogen and oxygen atoms in total. The van der Waals surface area contributed by atoms with Crippen molar-refractivity contribution in [3.63, 3.8) is 0 Å². The fourth-order valence-corrected chi connectivity index (χ4v) is 7.25. The van der Waals surface area contributed by atoms with Crippen LogP contribution in [0.4, 0.5) is 9.59 Å². The quantitative estimate of drug-likeness (QED) is 0.218. The number of carbonyl (C=O) groups is 2. The Hall–Kier alpha value is -4.60. The number of carboxylic acid groups (broad SMARTS) is 1. The Balaban J connectivity index is 1.14. The third kappa shape index (κ3) is 5.06. The molecule has 2 saturated heterocycles. The van der Waals surface area contributed by atoms with E-state index in [1.165, 1.54) is 27.2 Å². The highest BCUT2D eigenvalue weighted by molar-refractivity contribution is 5.85. The van der Waals surface area contributed by atoms with Gasteiger partial charge >= 0.3 is 12.2 Å². The molecule has 2 aliphatic heterocycles. The van der Waals surface area contributed by atoms with Crippen LogP contribution in [-0.2, 0) is 10.2 Å². The van der Waals surface area contributed by atoms with Crippen LogP contribution >= 0.6 is 0 Å². The molecule has 4 heterocycles. The van der Waals surface area contributed by atoms with Gasteiger partial charge in [-0.15, -0.1) is 0 Å². The van der Waals surface area contributed by atoms with Crippen LogP contribution in [0, 0.1) is 0 Å². The molecule has 0 saturated carbocycles. The molecule has 2 amide bonds. The van der Waals surface area contributed by atoms with Gasteiger partial charge in [0.1, 0.15) is 17.2 Å². The fraction of sp³-hybridized carbons (Fsp3) is 0.429. The number of nitrogens with zero attached hydrogens (tertiary/aromatic N) is 4. The Morgan fingerprint density at radius 3 is 1.82 bits per heavy atom. The largest absolute Gasteiger partial charge is 0.465 e. The van der Waals surface area contributed by atoms with Crippen LogP contribution in [0.5, 0.6) is 0 Å². The smallest absolute Gasteiger partial charge is 0.410 e. The van der Waals surface area contributed by atoms with Crippen LogP contribution in [0.1, 0.15) is 95.2 Å². The lowest BCUT2D eigenvalue weighted by atomic mass is 9.81. The highest BCUT2D eigenvalue weighted by Gasteiger charge is 2.38. The SMILES string of the molecule is CC(C)(C)OC(=O)N1CCCC1c1ncc(-c2ccc3c(c2)C(C)(C)c2cc(-c4cnc(C5CCCN5C(=O)O)[nH]4)ccc2-3)[nH]1. The normalized spacial score (nSPS) is 20.4.